The molecule has 1 aliphatic heterocycles. The van der Waals surface area contributed by atoms with Crippen LogP contribution in [0.5, 0.6) is 0 Å². The van der Waals surface area contributed by atoms with Gasteiger partial charge in [-0.05, 0) is 54.0 Å². The highest BCUT2D eigenvalue weighted by Gasteiger charge is 2.22. The molecule has 7 heteroatoms. The number of carbonyl (C=O) groups is 1. The van der Waals surface area contributed by atoms with Gasteiger partial charge in [-0.25, -0.2) is 0 Å². The van der Waals surface area contributed by atoms with Crippen molar-refractivity contribution in [2.75, 3.05) is 42.9 Å². The molecule has 2 heterocycles. The van der Waals surface area contributed by atoms with E-state index >= 15 is 0 Å². The fraction of sp³-hybridized carbons (Fsp3) is 0.350. The molecule has 1 aromatic carbocycles. The predicted molar refractivity (Wildman–Crippen MR) is 114 cm³/mol. The minimum atomic E-state index is -0.300. The number of hydrogen-bond donors (Lipinski definition) is 1. The highest BCUT2D eigenvalue weighted by molar-refractivity contribution is 9.10. The molecule has 0 bridgehead atoms. The highest BCUT2D eigenvalue weighted by atomic mass is 79.9. The molecule has 27 heavy (non-hydrogen) atoms. The third-order valence-electron chi connectivity index (χ3n) is 4.48. The first kappa shape index (κ1) is 20.0. The number of nitrogens with one attached hydrogen (secondary N) is 1. The topological polar surface area (TPSA) is 48.7 Å². The number of piperazine rings is 1. The van der Waals surface area contributed by atoms with Crippen LogP contribution < -0.4 is 10.2 Å². The van der Waals surface area contributed by atoms with E-state index in [4.69, 9.17) is 16.0 Å². The van der Waals surface area contributed by atoms with Crippen molar-refractivity contribution >= 4 is 44.8 Å². The maximum Gasteiger partial charge on any atom is 0.291 e. The zero-order valence-corrected chi connectivity index (χ0v) is 17.8. The number of nitrogens with zero attached hydrogens (tertiary/aromatic N) is 2. The number of halogens is 2. The van der Waals surface area contributed by atoms with Gasteiger partial charge in [-0.1, -0.05) is 29.3 Å². The van der Waals surface area contributed by atoms with Crippen LogP contribution >= 0.6 is 27.5 Å². The summed E-state index contributed by atoms with van der Waals surface area (Å²) < 4.78 is 5.86. The summed E-state index contributed by atoms with van der Waals surface area (Å²) in [5.74, 6) is -0.0502. The second kappa shape index (κ2) is 8.95. The Balaban J connectivity index is 1.73. The number of anilines is 2. The van der Waals surface area contributed by atoms with E-state index in [-0.39, 0.29) is 11.7 Å². The Morgan fingerprint density at radius 1 is 1.22 bits per heavy atom. The van der Waals surface area contributed by atoms with Crippen molar-refractivity contribution < 1.29 is 9.21 Å². The van der Waals surface area contributed by atoms with Gasteiger partial charge in [0.2, 0.25) is 0 Å². The summed E-state index contributed by atoms with van der Waals surface area (Å²) in [7, 11) is 0. The molecule has 1 N–H and O–H groups in total. The zero-order valence-electron chi connectivity index (χ0n) is 15.5. The summed E-state index contributed by atoms with van der Waals surface area (Å²) in [6.07, 6.45) is 2.25. The van der Waals surface area contributed by atoms with Crippen LogP contribution in [0.1, 0.15) is 24.4 Å². The van der Waals surface area contributed by atoms with E-state index in [1.165, 1.54) is 5.57 Å². The van der Waals surface area contributed by atoms with Crippen molar-refractivity contribution in [2.24, 2.45) is 0 Å². The van der Waals surface area contributed by atoms with E-state index in [0.29, 0.717) is 15.4 Å². The van der Waals surface area contributed by atoms with E-state index in [1.807, 2.05) is 18.2 Å². The van der Waals surface area contributed by atoms with Gasteiger partial charge in [0.1, 0.15) is 0 Å². The predicted octanol–water partition coefficient (Wildman–Crippen LogP) is 5.04. The van der Waals surface area contributed by atoms with E-state index in [9.17, 15) is 4.79 Å². The Morgan fingerprint density at radius 3 is 2.59 bits per heavy atom. The smallest absolute Gasteiger partial charge is 0.291 e. The number of benzene rings is 1. The average molecular weight is 453 g/mol. The number of amides is 1. The normalized spacial score (nSPS) is 14.9. The lowest BCUT2D eigenvalue weighted by atomic mass is 10.2. The lowest BCUT2D eigenvalue weighted by molar-refractivity contribution is 0.0995. The summed E-state index contributed by atoms with van der Waals surface area (Å²) in [5.41, 5.74) is 2.89. The summed E-state index contributed by atoms with van der Waals surface area (Å²) in [6, 6.07) is 8.88. The van der Waals surface area contributed by atoms with Crippen molar-refractivity contribution in [2.45, 2.75) is 13.8 Å². The summed E-state index contributed by atoms with van der Waals surface area (Å²) in [4.78, 5) is 17.1. The van der Waals surface area contributed by atoms with Gasteiger partial charge >= 0.3 is 0 Å². The number of rotatable bonds is 5. The molecule has 1 aliphatic rings. The van der Waals surface area contributed by atoms with Gasteiger partial charge < -0.3 is 14.6 Å². The van der Waals surface area contributed by atoms with E-state index < -0.39 is 0 Å². The van der Waals surface area contributed by atoms with Gasteiger partial charge in [-0.3, -0.25) is 9.69 Å². The standard InChI is InChI=1S/C20H23BrClN3O2/c1-14(2)8-9-24-10-12-25(13-11-24)19-15(22)4-3-5-16(19)23-20(26)17-6-7-18(21)27-17/h3-8H,9-13H2,1-2H3,(H,23,26). The molecule has 3 rings (SSSR count). The van der Waals surface area contributed by atoms with Crippen LogP contribution in [0.3, 0.4) is 0 Å². The van der Waals surface area contributed by atoms with Crippen molar-refractivity contribution in [3.8, 4) is 0 Å². The molecule has 0 radical (unpaired) electrons. The molecule has 0 aliphatic carbocycles. The number of hydrogen-bond acceptors (Lipinski definition) is 4. The molecule has 1 fully saturated rings. The number of furan rings is 1. The average Bonchev–Trinajstić information content (AvgIpc) is 3.07. The Labute approximate surface area is 173 Å². The first-order valence-corrected chi connectivity index (χ1v) is 10.1. The van der Waals surface area contributed by atoms with Gasteiger partial charge in [-0.15, -0.1) is 0 Å². The van der Waals surface area contributed by atoms with Crippen LogP contribution in [-0.4, -0.2) is 43.5 Å². The molecule has 0 spiro atoms. The van der Waals surface area contributed by atoms with Gasteiger partial charge in [0.05, 0.1) is 16.4 Å². The Kier molecular flexibility index (Phi) is 6.63. The molecule has 1 amide bonds. The monoisotopic (exact) mass is 451 g/mol. The van der Waals surface area contributed by atoms with Gasteiger partial charge in [0, 0.05) is 32.7 Å². The number of para-hydroxylation sites is 1. The van der Waals surface area contributed by atoms with E-state index in [2.05, 4.69) is 51.0 Å². The molecular formula is C20H23BrClN3O2. The van der Waals surface area contributed by atoms with Crippen molar-refractivity contribution in [1.82, 2.24) is 4.90 Å². The highest BCUT2D eigenvalue weighted by Crippen LogP contribution is 2.35. The van der Waals surface area contributed by atoms with E-state index in [0.717, 1.165) is 38.4 Å². The first-order chi connectivity index (χ1) is 12.9. The minimum Gasteiger partial charge on any atom is -0.444 e. The van der Waals surface area contributed by atoms with Crippen molar-refractivity contribution in [3.05, 3.63) is 57.4 Å². The van der Waals surface area contributed by atoms with Crippen LogP contribution in [0.25, 0.3) is 0 Å². The molecule has 0 unspecified atom stereocenters. The van der Waals surface area contributed by atoms with Crippen molar-refractivity contribution in [3.63, 3.8) is 0 Å². The van der Waals surface area contributed by atoms with Crippen LogP contribution in [-0.2, 0) is 0 Å². The molecule has 0 atom stereocenters. The van der Waals surface area contributed by atoms with Crippen LogP contribution in [0.15, 0.2) is 51.1 Å². The fourth-order valence-electron chi connectivity index (χ4n) is 3.02. The molecule has 1 saturated heterocycles. The molecule has 5 nitrogen and oxygen atoms in total. The van der Waals surface area contributed by atoms with E-state index in [1.54, 1.807) is 12.1 Å². The first-order valence-electron chi connectivity index (χ1n) is 8.90. The summed E-state index contributed by atoms with van der Waals surface area (Å²) in [5, 5.41) is 3.56. The summed E-state index contributed by atoms with van der Waals surface area (Å²) in [6.45, 7) is 8.82. The van der Waals surface area contributed by atoms with Crippen LogP contribution in [0.4, 0.5) is 11.4 Å². The van der Waals surface area contributed by atoms with Crippen LogP contribution in [0.2, 0.25) is 5.02 Å². The molecule has 2 aromatic rings. The second-order valence-corrected chi connectivity index (χ2v) is 7.95. The summed E-state index contributed by atoms with van der Waals surface area (Å²) >= 11 is 9.71. The SMILES string of the molecule is CC(C)=CCN1CCN(c2c(Cl)cccc2NC(=O)c2ccc(Br)o2)CC1. The maximum absolute atomic E-state index is 12.5. The lowest BCUT2D eigenvalue weighted by Gasteiger charge is -2.37. The molecule has 144 valence electrons. The minimum absolute atomic E-state index is 0.249. The van der Waals surface area contributed by atoms with Crippen molar-refractivity contribution in [1.29, 1.82) is 0 Å². The third kappa shape index (κ3) is 5.15. The van der Waals surface area contributed by atoms with Crippen LogP contribution in [0, 0.1) is 0 Å². The molecular weight excluding hydrogens is 430 g/mol. The second-order valence-electron chi connectivity index (χ2n) is 6.76. The molecule has 1 aromatic heterocycles. The van der Waals surface area contributed by atoms with Gasteiger partial charge in [-0.2, -0.15) is 0 Å². The largest absolute Gasteiger partial charge is 0.444 e. The number of allylic oxidation sites excluding steroid dienone is 1. The lowest BCUT2D eigenvalue weighted by Crippen LogP contribution is -2.46. The molecule has 0 saturated carbocycles. The Bertz CT molecular complexity index is 838. The number of carbonyl (C=O) groups excluding carboxylic acids is 1. The Morgan fingerprint density at radius 2 is 1.96 bits per heavy atom. The zero-order chi connectivity index (χ0) is 19.4. The third-order valence-corrected chi connectivity index (χ3v) is 5.21. The van der Waals surface area contributed by atoms with Gasteiger partial charge in [0.15, 0.2) is 10.4 Å². The maximum atomic E-state index is 12.5. The van der Waals surface area contributed by atoms with Gasteiger partial charge in [0.25, 0.3) is 5.91 Å². The quantitative estimate of drug-likeness (QED) is 0.646. The Hall–Kier alpha value is -1.76. The fourth-order valence-corrected chi connectivity index (χ4v) is 3.62.